The van der Waals surface area contributed by atoms with Crippen molar-refractivity contribution < 1.29 is 28.6 Å². The Morgan fingerprint density at radius 1 is 0.273 bits per heavy atom. The van der Waals surface area contributed by atoms with Crippen molar-refractivity contribution in [2.24, 2.45) is 0 Å². The smallest absolute Gasteiger partial charge is 0.306 e. The summed E-state index contributed by atoms with van der Waals surface area (Å²) in [6.45, 7) is 6.35. The van der Waals surface area contributed by atoms with E-state index in [1.165, 1.54) is 141 Å². The van der Waals surface area contributed by atoms with Crippen molar-refractivity contribution in [2.45, 2.75) is 309 Å². The molecule has 77 heavy (non-hydrogen) atoms. The molecule has 0 amide bonds. The average Bonchev–Trinajstić information content (AvgIpc) is 3.43. The summed E-state index contributed by atoms with van der Waals surface area (Å²) in [5, 5.41) is 0. The van der Waals surface area contributed by atoms with Gasteiger partial charge in [0.15, 0.2) is 6.10 Å². The number of ether oxygens (including phenoxy) is 3. The molecule has 0 aliphatic carbocycles. The molecule has 0 aliphatic heterocycles. The average molecular weight is 1070 g/mol. The van der Waals surface area contributed by atoms with E-state index in [2.05, 4.69) is 130 Å². The van der Waals surface area contributed by atoms with Crippen molar-refractivity contribution in [1.29, 1.82) is 0 Å². The minimum absolute atomic E-state index is 0.0901. The van der Waals surface area contributed by atoms with Gasteiger partial charge in [-0.25, -0.2) is 0 Å². The topological polar surface area (TPSA) is 78.9 Å². The molecule has 0 heterocycles. The number of carbonyl (C=O) groups is 3. The monoisotopic (exact) mass is 1070 g/mol. The second-order valence-electron chi connectivity index (χ2n) is 21.3. The molecule has 6 heteroatoms. The van der Waals surface area contributed by atoms with Gasteiger partial charge in [0, 0.05) is 19.3 Å². The molecule has 6 nitrogen and oxygen atoms in total. The molecule has 0 saturated carbocycles. The third-order valence-corrected chi connectivity index (χ3v) is 13.7. The van der Waals surface area contributed by atoms with Gasteiger partial charge in [-0.15, -0.1) is 0 Å². The number of allylic oxidation sites excluding steroid dienone is 18. The summed E-state index contributed by atoms with van der Waals surface area (Å²) in [5.74, 6) is -0.924. The van der Waals surface area contributed by atoms with Crippen molar-refractivity contribution in [3.05, 3.63) is 109 Å². The quantitative estimate of drug-likeness (QED) is 0.0261. The zero-order valence-electron chi connectivity index (χ0n) is 50.4. The summed E-state index contributed by atoms with van der Waals surface area (Å²) in [7, 11) is 0. The van der Waals surface area contributed by atoms with Crippen molar-refractivity contribution in [3.8, 4) is 0 Å². The van der Waals surface area contributed by atoms with Gasteiger partial charge in [-0.2, -0.15) is 0 Å². The second kappa shape index (κ2) is 64.6. The van der Waals surface area contributed by atoms with E-state index >= 15 is 0 Å². The van der Waals surface area contributed by atoms with Gasteiger partial charge in [0.1, 0.15) is 13.2 Å². The van der Waals surface area contributed by atoms with Crippen LogP contribution in [0.3, 0.4) is 0 Å². The molecule has 0 aromatic rings. The van der Waals surface area contributed by atoms with Gasteiger partial charge in [-0.3, -0.25) is 14.4 Å². The van der Waals surface area contributed by atoms with E-state index in [1.807, 2.05) is 0 Å². The second-order valence-corrected chi connectivity index (χ2v) is 21.3. The zero-order chi connectivity index (χ0) is 55.7. The van der Waals surface area contributed by atoms with E-state index in [4.69, 9.17) is 14.2 Å². The molecule has 0 N–H and O–H groups in total. The van der Waals surface area contributed by atoms with E-state index in [0.717, 1.165) is 122 Å². The van der Waals surface area contributed by atoms with E-state index in [0.29, 0.717) is 19.3 Å². The first-order valence-corrected chi connectivity index (χ1v) is 32.4. The van der Waals surface area contributed by atoms with E-state index in [1.54, 1.807) is 0 Å². The van der Waals surface area contributed by atoms with Gasteiger partial charge in [-0.05, 0) is 116 Å². The standard InChI is InChI=1S/C71H120O6/c1-4-7-10-13-16-19-22-24-25-26-27-28-29-30-31-32-33-34-35-36-37-38-39-40-41-42-43-44-45-47-49-52-55-58-61-64-70(73)76-67-68(66-75-69(72)63-60-57-54-51-48-21-18-15-12-9-6-3)77-71(74)65-62-59-56-53-50-46-23-20-17-14-11-8-5-2/h7-8,10-11,15-20,24-25,27-28,30-31,46,50,68H,4-6,9,12-14,21-23,26,29,32-45,47-49,51-67H2,1-3H3/b10-7-,11-8-,18-15-,19-16-,20-17-,25-24-,28-27-,31-30-,50-46-. The van der Waals surface area contributed by atoms with Crippen LogP contribution in [0.4, 0.5) is 0 Å². The van der Waals surface area contributed by atoms with Gasteiger partial charge in [0.25, 0.3) is 0 Å². The predicted molar refractivity (Wildman–Crippen MR) is 334 cm³/mol. The van der Waals surface area contributed by atoms with Crippen LogP contribution in [0.15, 0.2) is 109 Å². The summed E-state index contributed by atoms with van der Waals surface area (Å²) in [5.41, 5.74) is 0. The number of rotatable bonds is 58. The lowest BCUT2D eigenvalue weighted by molar-refractivity contribution is -0.167. The number of hydrogen-bond donors (Lipinski definition) is 0. The third-order valence-electron chi connectivity index (χ3n) is 13.7. The Kier molecular flexibility index (Phi) is 61.3. The molecule has 1 unspecified atom stereocenters. The van der Waals surface area contributed by atoms with Crippen molar-refractivity contribution in [1.82, 2.24) is 0 Å². The van der Waals surface area contributed by atoms with E-state index in [9.17, 15) is 14.4 Å². The van der Waals surface area contributed by atoms with Gasteiger partial charge >= 0.3 is 17.9 Å². The van der Waals surface area contributed by atoms with Gasteiger partial charge in [-0.1, -0.05) is 278 Å². The highest BCUT2D eigenvalue weighted by Crippen LogP contribution is 2.17. The van der Waals surface area contributed by atoms with Crippen LogP contribution in [-0.2, 0) is 28.6 Å². The summed E-state index contributed by atoms with van der Waals surface area (Å²) < 4.78 is 16.8. The summed E-state index contributed by atoms with van der Waals surface area (Å²) in [6.07, 6.45) is 88.5. The third kappa shape index (κ3) is 62.8. The molecule has 0 aromatic heterocycles. The first-order valence-electron chi connectivity index (χ1n) is 32.4. The van der Waals surface area contributed by atoms with Crippen molar-refractivity contribution >= 4 is 17.9 Å². The minimum atomic E-state index is -0.795. The molecule has 0 saturated heterocycles. The Bertz CT molecular complexity index is 1560. The first-order chi connectivity index (χ1) is 38.0. The highest BCUT2D eigenvalue weighted by molar-refractivity contribution is 5.71. The maximum atomic E-state index is 12.8. The number of unbranched alkanes of at least 4 members (excludes halogenated alkanes) is 29. The summed E-state index contributed by atoms with van der Waals surface area (Å²) in [6, 6.07) is 0. The number of hydrogen-bond acceptors (Lipinski definition) is 6. The van der Waals surface area contributed by atoms with Crippen LogP contribution in [0.2, 0.25) is 0 Å². The van der Waals surface area contributed by atoms with Crippen LogP contribution in [0.1, 0.15) is 303 Å². The van der Waals surface area contributed by atoms with Crippen LogP contribution >= 0.6 is 0 Å². The molecule has 0 aromatic carbocycles. The molecular formula is C71H120O6. The SMILES string of the molecule is CC/C=C\C/C=C\C/C=C\C/C=C\C/C=C\CCCCCCCCCCCCCCCCCCCCCC(=O)OCC(COC(=O)CCCCCCC/C=C\CCCC)OC(=O)CCCCC/C=C\C/C=C\C/C=C\CC. The molecular weight excluding hydrogens is 949 g/mol. The minimum Gasteiger partial charge on any atom is -0.462 e. The largest absolute Gasteiger partial charge is 0.462 e. The molecule has 1 atom stereocenters. The Morgan fingerprint density at radius 2 is 0.506 bits per heavy atom. The van der Waals surface area contributed by atoms with Gasteiger partial charge < -0.3 is 14.2 Å². The maximum Gasteiger partial charge on any atom is 0.306 e. The van der Waals surface area contributed by atoms with Gasteiger partial charge in [0.2, 0.25) is 0 Å². The summed E-state index contributed by atoms with van der Waals surface area (Å²) in [4.78, 5) is 38.1. The van der Waals surface area contributed by atoms with Crippen LogP contribution in [0.5, 0.6) is 0 Å². The molecule has 440 valence electrons. The fourth-order valence-corrected chi connectivity index (χ4v) is 8.94. The number of carbonyl (C=O) groups excluding carboxylic acids is 3. The Morgan fingerprint density at radius 3 is 0.818 bits per heavy atom. The normalized spacial score (nSPS) is 12.8. The van der Waals surface area contributed by atoms with Crippen LogP contribution in [0.25, 0.3) is 0 Å². The van der Waals surface area contributed by atoms with Crippen LogP contribution < -0.4 is 0 Å². The Balaban J connectivity index is 4.07. The fraction of sp³-hybridized carbons (Fsp3) is 0.704. The highest BCUT2D eigenvalue weighted by atomic mass is 16.6. The lowest BCUT2D eigenvalue weighted by atomic mass is 10.0. The summed E-state index contributed by atoms with van der Waals surface area (Å²) >= 11 is 0. The zero-order valence-corrected chi connectivity index (χ0v) is 50.4. The number of esters is 3. The molecule has 0 fully saturated rings. The van der Waals surface area contributed by atoms with Crippen LogP contribution in [-0.4, -0.2) is 37.2 Å². The first kappa shape index (κ1) is 73.1. The molecule has 0 aliphatic rings. The molecule has 0 rings (SSSR count). The van der Waals surface area contributed by atoms with Gasteiger partial charge in [0.05, 0.1) is 0 Å². The van der Waals surface area contributed by atoms with E-state index in [-0.39, 0.29) is 31.1 Å². The van der Waals surface area contributed by atoms with Crippen molar-refractivity contribution in [3.63, 3.8) is 0 Å². The molecule has 0 radical (unpaired) electrons. The van der Waals surface area contributed by atoms with E-state index < -0.39 is 6.10 Å². The Hall–Kier alpha value is -3.93. The van der Waals surface area contributed by atoms with Crippen molar-refractivity contribution in [2.75, 3.05) is 13.2 Å². The lowest BCUT2D eigenvalue weighted by Gasteiger charge is -2.18. The Labute approximate surface area is 476 Å². The lowest BCUT2D eigenvalue weighted by Crippen LogP contribution is -2.30. The predicted octanol–water partition coefficient (Wildman–Crippen LogP) is 22.2. The highest BCUT2D eigenvalue weighted by Gasteiger charge is 2.19. The molecule has 0 bridgehead atoms. The molecule has 0 spiro atoms. The maximum absolute atomic E-state index is 12.8. The fourth-order valence-electron chi connectivity index (χ4n) is 8.94. The van der Waals surface area contributed by atoms with Crippen LogP contribution in [0, 0.1) is 0 Å².